The molecule has 4 N–H and O–H groups in total. The van der Waals surface area contributed by atoms with E-state index in [1.807, 2.05) is 36.5 Å². The Morgan fingerprint density at radius 1 is 0.971 bits per heavy atom. The van der Waals surface area contributed by atoms with Crippen LogP contribution in [0.3, 0.4) is 0 Å². The number of aromatic nitrogens is 2. The maximum absolute atomic E-state index is 12.6. The highest BCUT2D eigenvalue weighted by Crippen LogP contribution is 2.29. The van der Waals surface area contributed by atoms with E-state index in [2.05, 4.69) is 39.2 Å². The Morgan fingerprint density at radius 3 is 2.41 bits per heavy atom. The average molecular weight is 461 g/mol. The van der Waals surface area contributed by atoms with Crippen LogP contribution < -0.4 is 26.0 Å². The number of fused-ring (bicyclic) bond motifs is 1. The zero-order chi connectivity index (χ0) is 23.3. The minimum absolute atomic E-state index is 0.0319. The van der Waals surface area contributed by atoms with Gasteiger partial charge in [-0.25, -0.2) is 9.97 Å². The number of nitrogens with one attached hydrogen (secondary N) is 4. The van der Waals surface area contributed by atoms with Crippen molar-refractivity contribution in [3.8, 4) is 5.75 Å². The summed E-state index contributed by atoms with van der Waals surface area (Å²) in [7, 11) is 0. The number of hydrogen-bond donors (Lipinski definition) is 4. The van der Waals surface area contributed by atoms with Crippen LogP contribution in [0.4, 0.5) is 11.6 Å². The van der Waals surface area contributed by atoms with Gasteiger partial charge in [0.2, 0.25) is 5.95 Å². The van der Waals surface area contributed by atoms with E-state index in [4.69, 9.17) is 9.72 Å². The number of anilines is 2. The summed E-state index contributed by atoms with van der Waals surface area (Å²) in [5, 5.41) is 14.1. The van der Waals surface area contributed by atoms with Crippen LogP contribution in [0.15, 0.2) is 42.6 Å². The lowest BCUT2D eigenvalue weighted by atomic mass is 10.1. The van der Waals surface area contributed by atoms with Crippen molar-refractivity contribution in [2.24, 2.45) is 0 Å². The quantitative estimate of drug-likeness (QED) is 0.448. The lowest BCUT2D eigenvalue weighted by molar-refractivity contribution is 0.0929. The van der Waals surface area contributed by atoms with E-state index in [1.165, 1.54) is 0 Å². The van der Waals surface area contributed by atoms with Gasteiger partial charge in [0.05, 0.1) is 0 Å². The number of hydrogen-bond acceptors (Lipinski definition) is 7. The van der Waals surface area contributed by atoms with Crippen molar-refractivity contribution in [3.63, 3.8) is 0 Å². The molecule has 0 unspecified atom stereocenters. The molecule has 0 radical (unpaired) electrons. The largest absolute Gasteiger partial charge is 0.488 e. The number of carbonyl (C=O) groups excluding carboxylic acids is 1. The van der Waals surface area contributed by atoms with Gasteiger partial charge in [-0.05, 0) is 94.7 Å². The van der Waals surface area contributed by atoms with Crippen molar-refractivity contribution in [2.45, 2.75) is 44.8 Å². The fraction of sp³-hybridized carbons (Fsp3) is 0.423. The normalized spacial score (nSPS) is 17.4. The summed E-state index contributed by atoms with van der Waals surface area (Å²) in [5.41, 5.74) is 3.40. The smallest absolute Gasteiger partial charge is 0.251 e. The first-order chi connectivity index (χ1) is 16.7. The molecular weight excluding hydrogens is 428 g/mol. The second-order valence-electron chi connectivity index (χ2n) is 9.10. The Kier molecular flexibility index (Phi) is 6.87. The van der Waals surface area contributed by atoms with E-state index < -0.39 is 0 Å². The molecule has 34 heavy (non-hydrogen) atoms. The van der Waals surface area contributed by atoms with Crippen LogP contribution in [0.5, 0.6) is 5.75 Å². The van der Waals surface area contributed by atoms with Crippen LogP contribution in [0.25, 0.3) is 10.9 Å². The molecule has 0 spiro atoms. The van der Waals surface area contributed by atoms with Crippen molar-refractivity contribution in [1.29, 1.82) is 0 Å². The number of aryl methyl sites for hydroxylation is 1. The van der Waals surface area contributed by atoms with Gasteiger partial charge in [-0.15, -0.1) is 0 Å². The van der Waals surface area contributed by atoms with Crippen molar-refractivity contribution in [1.82, 2.24) is 25.9 Å². The van der Waals surface area contributed by atoms with Gasteiger partial charge >= 0.3 is 0 Å². The Labute approximate surface area is 199 Å². The van der Waals surface area contributed by atoms with Crippen molar-refractivity contribution in [2.75, 3.05) is 31.5 Å². The fourth-order valence-corrected chi connectivity index (χ4v) is 4.54. The van der Waals surface area contributed by atoms with E-state index in [1.54, 1.807) is 0 Å². The van der Waals surface area contributed by atoms with Gasteiger partial charge in [0.25, 0.3) is 5.91 Å². The van der Waals surface area contributed by atoms with Gasteiger partial charge in [0.15, 0.2) is 0 Å². The molecule has 3 heterocycles. The lowest BCUT2D eigenvalue weighted by Crippen LogP contribution is -2.42. The van der Waals surface area contributed by atoms with Crippen LogP contribution in [-0.2, 0) is 0 Å². The summed E-state index contributed by atoms with van der Waals surface area (Å²) in [6.45, 7) is 5.90. The number of carbonyl (C=O) groups is 1. The molecule has 0 saturated carbocycles. The molecule has 2 aliphatic rings. The summed E-state index contributed by atoms with van der Waals surface area (Å²) in [6.07, 6.45) is 5.95. The number of rotatable bonds is 6. The minimum Gasteiger partial charge on any atom is -0.488 e. The number of amides is 1. The molecular formula is C26H32N6O2. The predicted molar refractivity (Wildman–Crippen MR) is 134 cm³/mol. The molecule has 1 amide bonds. The third kappa shape index (κ3) is 5.29. The van der Waals surface area contributed by atoms with Crippen LogP contribution in [0.1, 0.15) is 41.6 Å². The highest BCUT2D eigenvalue weighted by molar-refractivity contribution is 5.94. The Bertz CT molecular complexity index is 1140. The predicted octanol–water partition coefficient (Wildman–Crippen LogP) is 3.29. The third-order valence-corrected chi connectivity index (χ3v) is 6.59. The summed E-state index contributed by atoms with van der Waals surface area (Å²) in [6, 6.07) is 11.7. The van der Waals surface area contributed by atoms with E-state index in [0.29, 0.717) is 11.5 Å². The van der Waals surface area contributed by atoms with Crippen LogP contribution in [0, 0.1) is 6.92 Å². The van der Waals surface area contributed by atoms with Gasteiger partial charge in [0.1, 0.15) is 17.4 Å². The Morgan fingerprint density at radius 2 is 1.68 bits per heavy atom. The van der Waals surface area contributed by atoms with E-state index in [9.17, 15) is 4.79 Å². The minimum atomic E-state index is -0.0319. The highest BCUT2D eigenvalue weighted by atomic mass is 16.5. The second-order valence-corrected chi connectivity index (χ2v) is 9.10. The number of ether oxygens (including phenoxy) is 1. The number of benzene rings is 2. The van der Waals surface area contributed by atoms with Crippen LogP contribution >= 0.6 is 0 Å². The summed E-state index contributed by atoms with van der Waals surface area (Å²) < 4.78 is 6.33. The monoisotopic (exact) mass is 460 g/mol. The SMILES string of the molecule is Cc1ccc(OC2CCNCC2)c2nc(Nc3ccc(C(=O)NC4CCNCC4)cc3)ncc12. The van der Waals surface area contributed by atoms with E-state index in [0.717, 1.165) is 79.8 Å². The van der Waals surface area contributed by atoms with Crippen LogP contribution in [-0.4, -0.2) is 54.2 Å². The third-order valence-electron chi connectivity index (χ3n) is 6.59. The summed E-state index contributed by atoms with van der Waals surface area (Å²) in [4.78, 5) is 21.9. The molecule has 2 aromatic carbocycles. The summed E-state index contributed by atoms with van der Waals surface area (Å²) in [5.74, 6) is 1.26. The molecule has 2 aliphatic heterocycles. The molecule has 178 valence electrons. The maximum Gasteiger partial charge on any atom is 0.251 e. The van der Waals surface area contributed by atoms with E-state index in [-0.39, 0.29) is 18.1 Å². The van der Waals surface area contributed by atoms with Gasteiger partial charge in [0, 0.05) is 28.9 Å². The molecule has 2 saturated heterocycles. The number of nitrogens with zero attached hydrogens (tertiary/aromatic N) is 2. The lowest BCUT2D eigenvalue weighted by Gasteiger charge is -2.24. The standard InChI is InChI=1S/C26H32N6O2/c1-17-2-7-23(34-21-10-14-28-15-11-21)24-22(17)16-29-26(32-24)31-19-5-3-18(4-6-19)25(33)30-20-8-12-27-13-9-20/h2-7,16,20-21,27-28H,8-15H2,1H3,(H,30,33)(H,29,31,32). The van der Waals surface area contributed by atoms with Gasteiger partial charge < -0.3 is 26.0 Å². The molecule has 0 aliphatic carbocycles. The molecule has 5 rings (SSSR count). The Hall–Kier alpha value is -3.23. The molecule has 8 nitrogen and oxygen atoms in total. The highest BCUT2D eigenvalue weighted by Gasteiger charge is 2.18. The molecule has 8 heteroatoms. The van der Waals surface area contributed by atoms with Crippen molar-refractivity contribution < 1.29 is 9.53 Å². The van der Waals surface area contributed by atoms with E-state index >= 15 is 0 Å². The van der Waals surface area contributed by atoms with Gasteiger partial charge in [-0.1, -0.05) is 6.07 Å². The zero-order valence-corrected chi connectivity index (χ0v) is 19.6. The molecule has 0 atom stereocenters. The zero-order valence-electron chi connectivity index (χ0n) is 19.6. The van der Waals surface area contributed by atoms with Gasteiger partial charge in [-0.2, -0.15) is 0 Å². The van der Waals surface area contributed by atoms with Crippen molar-refractivity contribution >= 4 is 28.4 Å². The number of piperidine rings is 2. The van der Waals surface area contributed by atoms with Gasteiger partial charge in [-0.3, -0.25) is 4.79 Å². The maximum atomic E-state index is 12.6. The van der Waals surface area contributed by atoms with Crippen LogP contribution in [0.2, 0.25) is 0 Å². The first-order valence-corrected chi connectivity index (χ1v) is 12.2. The molecule has 3 aromatic rings. The average Bonchev–Trinajstić information content (AvgIpc) is 2.87. The molecule has 2 fully saturated rings. The first kappa shape index (κ1) is 22.6. The second kappa shape index (κ2) is 10.4. The fourth-order valence-electron chi connectivity index (χ4n) is 4.54. The first-order valence-electron chi connectivity index (χ1n) is 12.2. The molecule has 0 bridgehead atoms. The van der Waals surface area contributed by atoms with Crippen molar-refractivity contribution in [3.05, 3.63) is 53.7 Å². The summed E-state index contributed by atoms with van der Waals surface area (Å²) >= 11 is 0. The Balaban J connectivity index is 1.30. The molecule has 1 aromatic heterocycles. The topological polar surface area (TPSA) is 100 Å².